The molecule has 0 spiro atoms. The average Bonchev–Trinajstić information content (AvgIpc) is 2.62. The highest BCUT2D eigenvalue weighted by Crippen LogP contribution is 2.21. The number of urea groups is 1. The summed E-state index contributed by atoms with van der Waals surface area (Å²) in [6.45, 7) is 0.892. The van der Waals surface area contributed by atoms with E-state index in [0.717, 1.165) is 11.9 Å². The number of aliphatic hydroxyl groups is 1. The topological polar surface area (TPSA) is 65.5 Å². The van der Waals surface area contributed by atoms with E-state index in [0.29, 0.717) is 10.8 Å². The molecule has 1 aromatic heterocycles. The molecule has 1 unspecified atom stereocenters. The Labute approximate surface area is 105 Å². The normalized spacial score (nSPS) is 13.2. The molecule has 0 saturated heterocycles. The Bertz CT molecular complexity index is 421. The van der Waals surface area contributed by atoms with Gasteiger partial charge >= 0.3 is 12.2 Å². The van der Waals surface area contributed by atoms with Gasteiger partial charge in [0.15, 0.2) is 11.2 Å². The van der Waals surface area contributed by atoms with Gasteiger partial charge < -0.3 is 10.0 Å². The van der Waals surface area contributed by atoms with Crippen molar-refractivity contribution < 1.29 is 23.1 Å². The summed E-state index contributed by atoms with van der Waals surface area (Å²) in [5, 5.41) is 13.1. The summed E-state index contributed by atoms with van der Waals surface area (Å²) in [7, 11) is 1.16. The third-order valence-corrected chi connectivity index (χ3v) is 2.88. The number of alkyl halides is 3. The molecule has 0 aliphatic carbocycles. The van der Waals surface area contributed by atoms with Crippen molar-refractivity contribution in [2.45, 2.75) is 19.2 Å². The van der Waals surface area contributed by atoms with Crippen LogP contribution in [0.25, 0.3) is 0 Å². The molecule has 18 heavy (non-hydrogen) atoms. The van der Waals surface area contributed by atoms with Gasteiger partial charge in [0, 0.05) is 12.4 Å². The molecular formula is C9H12F3N3O2S. The minimum Gasteiger partial charge on any atom is -0.382 e. The fourth-order valence-electron chi connectivity index (χ4n) is 1.04. The maximum absolute atomic E-state index is 12.1. The van der Waals surface area contributed by atoms with E-state index in [1.54, 1.807) is 12.3 Å². The van der Waals surface area contributed by atoms with Crippen LogP contribution in [0.4, 0.5) is 23.1 Å². The van der Waals surface area contributed by atoms with Gasteiger partial charge in [-0.15, -0.1) is 11.3 Å². The first kappa shape index (κ1) is 14.7. The van der Waals surface area contributed by atoms with Crippen LogP contribution in [-0.4, -0.2) is 46.9 Å². The Hall–Kier alpha value is -1.35. The number of likely N-dealkylation sites (N-methyl/N-ethyl adjacent to an activating group) is 1. The van der Waals surface area contributed by atoms with Crippen LogP contribution in [0.1, 0.15) is 5.69 Å². The molecule has 9 heteroatoms. The Morgan fingerprint density at radius 3 is 2.72 bits per heavy atom. The fourth-order valence-corrected chi connectivity index (χ4v) is 1.72. The zero-order valence-corrected chi connectivity index (χ0v) is 10.5. The van der Waals surface area contributed by atoms with E-state index in [2.05, 4.69) is 10.3 Å². The summed E-state index contributed by atoms with van der Waals surface area (Å²) in [5.41, 5.74) is 0.702. The van der Waals surface area contributed by atoms with Crippen molar-refractivity contribution in [3.63, 3.8) is 0 Å². The van der Waals surface area contributed by atoms with E-state index in [-0.39, 0.29) is 0 Å². The number of nitrogens with zero attached hydrogens (tertiary/aromatic N) is 2. The molecule has 2 amide bonds. The van der Waals surface area contributed by atoms with Crippen LogP contribution in [-0.2, 0) is 0 Å². The van der Waals surface area contributed by atoms with Gasteiger partial charge in [-0.05, 0) is 6.92 Å². The number of rotatable bonds is 3. The maximum Gasteiger partial charge on any atom is 0.416 e. The predicted molar refractivity (Wildman–Crippen MR) is 60.6 cm³/mol. The number of halogens is 3. The quantitative estimate of drug-likeness (QED) is 0.889. The number of nitrogens with one attached hydrogen (secondary N) is 1. The molecule has 0 aromatic carbocycles. The number of hydrogen-bond donors (Lipinski definition) is 2. The van der Waals surface area contributed by atoms with Crippen molar-refractivity contribution in [1.82, 2.24) is 9.88 Å². The van der Waals surface area contributed by atoms with Crippen LogP contribution in [0, 0.1) is 6.92 Å². The number of hydrogen-bond acceptors (Lipinski definition) is 4. The highest BCUT2D eigenvalue weighted by atomic mass is 32.1. The minimum atomic E-state index is -4.74. The van der Waals surface area contributed by atoms with Gasteiger partial charge in [-0.3, -0.25) is 5.32 Å². The molecule has 0 aliphatic rings. The number of aryl methyl sites for hydroxylation is 1. The summed E-state index contributed by atoms with van der Waals surface area (Å²) in [5.74, 6) is 0. The van der Waals surface area contributed by atoms with Crippen molar-refractivity contribution in [3.8, 4) is 0 Å². The number of aromatic nitrogens is 1. The number of thiazole rings is 1. The van der Waals surface area contributed by atoms with Crippen LogP contribution >= 0.6 is 11.3 Å². The summed E-state index contributed by atoms with van der Waals surface area (Å²) < 4.78 is 36.3. The second-order valence-electron chi connectivity index (χ2n) is 3.66. The fraction of sp³-hybridized carbons (Fsp3) is 0.556. The first-order valence-electron chi connectivity index (χ1n) is 4.89. The van der Waals surface area contributed by atoms with E-state index >= 15 is 0 Å². The zero-order valence-electron chi connectivity index (χ0n) is 9.65. The SMILES string of the molecule is Cc1csc(NC(=O)N(C)CC(O)C(F)(F)F)n1. The first-order valence-corrected chi connectivity index (χ1v) is 5.77. The number of anilines is 1. The molecule has 1 heterocycles. The van der Waals surface area contributed by atoms with Gasteiger partial charge in [0.2, 0.25) is 0 Å². The van der Waals surface area contributed by atoms with Crippen molar-refractivity contribution in [1.29, 1.82) is 0 Å². The number of amides is 2. The molecule has 0 aliphatic heterocycles. The number of carbonyl (C=O) groups excluding carboxylic acids is 1. The van der Waals surface area contributed by atoms with Crippen molar-refractivity contribution in [2.24, 2.45) is 0 Å². The van der Waals surface area contributed by atoms with Gasteiger partial charge in [0.25, 0.3) is 0 Å². The molecule has 0 radical (unpaired) electrons. The van der Waals surface area contributed by atoms with Crippen LogP contribution in [0.3, 0.4) is 0 Å². The Balaban J connectivity index is 2.52. The average molecular weight is 283 g/mol. The van der Waals surface area contributed by atoms with Crippen molar-refractivity contribution in [2.75, 3.05) is 18.9 Å². The van der Waals surface area contributed by atoms with Gasteiger partial charge in [-0.1, -0.05) is 0 Å². The standard InChI is InChI=1S/C9H12F3N3O2S/c1-5-4-18-7(13-5)14-8(17)15(2)3-6(16)9(10,11)12/h4,6,16H,3H2,1-2H3,(H,13,14,17). The molecule has 5 nitrogen and oxygen atoms in total. The minimum absolute atomic E-state index is 0.297. The third kappa shape index (κ3) is 4.15. The molecule has 102 valence electrons. The lowest BCUT2D eigenvalue weighted by atomic mass is 10.3. The smallest absolute Gasteiger partial charge is 0.382 e. The summed E-state index contributed by atoms with van der Waals surface area (Å²) in [6.07, 6.45) is -7.31. The van der Waals surface area contributed by atoms with Gasteiger partial charge in [-0.25, -0.2) is 9.78 Å². The summed E-state index contributed by atoms with van der Waals surface area (Å²) >= 11 is 1.17. The molecule has 1 aromatic rings. The molecule has 1 atom stereocenters. The summed E-state index contributed by atoms with van der Waals surface area (Å²) in [6, 6.07) is -0.757. The Kier molecular flexibility index (Phi) is 4.52. The van der Waals surface area contributed by atoms with E-state index in [9.17, 15) is 18.0 Å². The molecule has 2 N–H and O–H groups in total. The number of carbonyl (C=O) groups is 1. The molecule has 0 saturated carbocycles. The highest BCUT2D eigenvalue weighted by molar-refractivity contribution is 7.13. The maximum atomic E-state index is 12.1. The van der Waals surface area contributed by atoms with E-state index < -0.39 is 24.9 Å². The van der Waals surface area contributed by atoms with Crippen LogP contribution in [0.5, 0.6) is 0 Å². The second-order valence-corrected chi connectivity index (χ2v) is 4.52. The monoisotopic (exact) mass is 283 g/mol. The van der Waals surface area contributed by atoms with Gasteiger partial charge in [-0.2, -0.15) is 13.2 Å². The Morgan fingerprint density at radius 1 is 1.67 bits per heavy atom. The first-order chi connectivity index (χ1) is 8.20. The highest BCUT2D eigenvalue weighted by Gasteiger charge is 2.39. The lowest BCUT2D eigenvalue weighted by molar-refractivity contribution is -0.205. The van der Waals surface area contributed by atoms with E-state index in [1.807, 2.05) is 0 Å². The van der Waals surface area contributed by atoms with Crippen LogP contribution < -0.4 is 5.32 Å². The predicted octanol–water partition coefficient (Wildman–Crippen LogP) is 1.84. The van der Waals surface area contributed by atoms with Crippen molar-refractivity contribution >= 4 is 22.5 Å². The molecule has 0 fully saturated rings. The van der Waals surface area contributed by atoms with E-state index in [4.69, 9.17) is 5.11 Å². The molecule has 0 bridgehead atoms. The third-order valence-electron chi connectivity index (χ3n) is 2.00. The van der Waals surface area contributed by atoms with Gasteiger partial charge in [0.05, 0.1) is 12.2 Å². The molecular weight excluding hydrogens is 271 g/mol. The molecule has 1 rings (SSSR count). The zero-order chi connectivity index (χ0) is 13.9. The summed E-state index contributed by atoms with van der Waals surface area (Å²) in [4.78, 5) is 16.2. The largest absolute Gasteiger partial charge is 0.416 e. The van der Waals surface area contributed by atoms with E-state index in [1.165, 1.54) is 11.3 Å². The lowest BCUT2D eigenvalue weighted by Gasteiger charge is -2.22. The lowest BCUT2D eigenvalue weighted by Crippen LogP contribution is -2.43. The van der Waals surface area contributed by atoms with Gasteiger partial charge in [0.1, 0.15) is 0 Å². The van der Waals surface area contributed by atoms with Crippen LogP contribution in [0.15, 0.2) is 5.38 Å². The Morgan fingerprint density at radius 2 is 2.28 bits per heavy atom. The van der Waals surface area contributed by atoms with Crippen LogP contribution in [0.2, 0.25) is 0 Å². The van der Waals surface area contributed by atoms with Crippen molar-refractivity contribution in [3.05, 3.63) is 11.1 Å². The second kappa shape index (κ2) is 5.53. The number of aliphatic hydroxyl groups excluding tert-OH is 1.